The minimum Gasteiger partial charge on any atom is -0.338 e. The van der Waals surface area contributed by atoms with E-state index < -0.39 is 21.7 Å². The standard InChI is InChI=1S/C18H25FN2O3S/c1-20(2)25(23,24)15-7-8-17(19)16(11-15)18(22)21-10-9-13-5-3-4-6-14(13)12-21/h7-8,11,13-14H,3-6,9-10,12H2,1-2H3/t13-,14+/m0/s1. The Morgan fingerprint density at radius 3 is 2.52 bits per heavy atom. The Morgan fingerprint density at radius 2 is 1.84 bits per heavy atom. The van der Waals surface area contributed by atoms with Gasteiger partial charge in [-0.3, -0.25) is 4.79 Å². The number of hydrogen-bond donors (Lipinski definition) is 0. The molecule has 1 aromatic carbocycles. The van der Waals surface area contributed by atoms with E-state index >= 15 is 0 Å². The summed E-state index contributed by atoms with van der Waals surface area (Å²) in [5.41, 5.74) is -0.155. The summed E-state index contributed by atoms with van der Waals surface area (Å²) in [6.45, 7) is 1.26. The van der Waals surface area contributed by atoms with Gasteiger partial charge in [0.05, 0.1) is 10.5 Å². The molecule has 2 fully saturated rings. The van der Waals surface area contributed by atoms with Crippen LogP contribution in [0.5, 0.6) is 0 Å². The molecule has 0 bridgehead atoms. The van der Waals surface area contributed by atoms with Crippen molar-refractivity contribution in [3.63, 3.8) is 0 Å². The van der Waals surface area contributed by atoms with E-state index in [-0.39, 0.29) is 10.5 Å². The third-order valence-electron chi connectivity index (χ3n) is 5.53. The maximum Gasteiger partial charge on any atom is 0.256 e. The Kier molecular flexibility index (Phi) is 5.16. The summed E-state index contributed by atoms with van der Waals surface area (Å²) in [6, 6.07) is 3.44. The lowest BCUT2D eigenvalue weighted by atomic mass is 9.75. The molecule has 1 aliphatic heterocycles. The minimum atomic E-state index is -3.70. The average Bonchev–Trinajstić information content (AvgIpc) is 2.60. The van der Waals surface area contributed by atoms with Gasteiger partial charge in [-0.25, -0.2) is 17.1 Å². The van der Waals surface area contributed by atoms with Gasteiger partial charge in [-0.15, -0.1) is 0 Å². The van der Waals surface area contributed by atoms with Crippen LogP contribution in [0, 0.1) is 17.7 Å². The van der Waals surface area contributed by atoms with Crippen molar-refractivity contribution in [1.82, 2.24) is 9.21 Å². The second kappa shape index (κ2) is 7.03. The van der Waals surface area contributed by atoms with Crippen LogP contribution >= 0.6 is 0 Å². The Morgan fingerprint density at radius 1 is 1.16 bits per heavy atom. The number of piperidine rings is 1. The molecule has 0 aromatic heterocycles. The lowest BCUT2D eigenvalue weighted by Crippen LogP contribution is -2.45. The summed E-state index contributed by atoms with van der Waals surface area (Å²) in [7, 11) is -0.882. The molecule has 0 spiro atoms. The third-order valence-corrected chi connectivity index (χ3v) is 7.34. The van der Waals surface area contributed by atoms with Crippen LogP contribution < -0.4 is 0 Å². The van der Waals surface area contributed by atoms with Gasteiger partial charge < -0.3 is 4.90 Å². The molecule has 7 heteroatoms. The summed E-state index contributed by atoms with van der Waals surface area (Å²) in [6.07, 6.45) is 5.74. The molecule has 1 aliphatic carbocycles. The smallest absolute Gasteiger partial charge is 0.256 e. The maximum absolute atomic E-state index is 14.2. The van der Waals surface area contributed by atoms with E-state index in [2.05, 4.69) is 0 Å². The molecule has 1 aromatic rings. The van der Waals surface area contributed by atoms with Crippen LogP contribution in [0.25, 0.3) is 0 Å². The van der Waals surface area contributed by atoms with E-state index in [1.54, 1.807) is 4.90 Å². The summed E-state index contributed by atoms with van der Waals surface area (Å²) >= 11 is 0. The number of sulfonamides is 1. The first-order chi connectivity index (χ1) is 11.8. The first-order valence-electron chi connectivity index (χ1n) is 8.82. The van der Waals surface area contributed by atoms with Gasteiger partial charge in [0, 0.05) is 27.2 Å². The van der Waals surface area contributed by atoms with Gasteiger partial charge in [0.2, 0.25) is 10.0 Å². The lowest BCUT2D eigenvalue weighted by molar-refractivity contribution is 0.0516. The van der Waals surface area contributed by atoms with Crippen molar-refractivity contribution in [2.75, 3.05) is 27.2 Å². The van der Waals surface area contributed by atoms with E-state index in [0.29, 0.717) is 24.9 Å². The van der Waals surface area contributed by atoms with E-state index in [0.717, 1.165) is 23.2 Å². The minimum absolute atomic E-state index is 0.0604. The molecule has 1 amide bonds. The summed E-state index contributed by atoms with van der Waals surface area (Å²) < 4.78 is 39.8. The SMILES string of the molecule is CN(C)S(=O)(=O)c1ccc(F)c(C(=O)N2CC[C@@H]3CCCC[C@@H]3C2)c1. The van der Waals surface area contributed by atoms with Gasteiger partial charge in [0.15, 0.2) is 0 Å². The molecule has 1 heterocycles. The molecule has 1 saturated carbocycles. The Balaban J connectivity index is 1.85. The summed E-state index contributed by atoms with van der Waals surface area (Å²) in [4.78, 5) is 14.5. The Hall–Kier alpha value is -1.47. The Bertz CT molecular complexity index is 764. The van der Waals surface area contributed by atoms with E-state index in [4.69, 9.17) is 0 Å². The molecule has 138 valence electrons. The fraction of sp³-hybridized carbons (Fsp3) is 0.611. The van der Waals surface area contributed by atoms with Crippen molar-refractivity contribution < 1.29 is 17.6 Å². The van der Waals surface area contributed by atoms with Crippen LogP contribution in [0.4, 0.5) is 4.39 Å². The fourth-order valence-corrected chi connectivity index (χ4v) is 4.92. The van der Waals surface area contributed by atoms with Crippen molar-refractivity contribution in [3.05, 3.63) is 29.6 Å². The number of likely N-dealkylation sites (tertiary alicyclic amines) is 1. The van der Waals surface area contributed by atoms with Crippen LogP contribution in [0.15, 0.2) is 23.1 Å². The average molecular weight is 368 g/mol. The largest absolute Gasteiger partial charge is 0.338 e. The number of nitrogens with zero attached hydrogens (tertiary/aromatic N) is 2. The van der Waals surface area contributed by atoms with Gasteiger partial charge in [-0.1, -0.05) is 19.3 Å². The number of hydrogen-bond acceptors (Lipinski definition) is 3. The first-order valence-corrected chi connectivity index (χ1v) is 10.3. The van der Waals surface area contributed by atoms with Crippen LogP contribution in [0.1, 0.15) is 42.5 Å². The normalized spacial score (nSPS) is 24.2. The number of carbonyl (C=O) groups excluding carboxylic acids is 1. The van der Waals surface area contributed by atoms with Crippen LogP contribution in [-0.2, 0) is 10.0 Å². The van der Waals surface area contributed by atoms with E-state index in [1.807, 2.05) is 0 Å². The zero-order chi connectivity index (χ0) is 18.2. The molecule has 3 rings (SSSR count). The van der Waals surface area contributed by atoms with Gasteiger partial charge in [-0.2, -0.15) is 0 Å². The van der Waals surface area contributed by atoms with Gasteiger partial charge in [-0.05, 0) is 42.9 Å². The molecule has 0 N–H and O–H groups in total. The van der Waals surface area contributed by atoms with Gasteiger partial charge in [0.25, 0.3) is 5.91 Å². The molecule has 2 aliphatic rings. The molecule has 1 saturated heterocycles. The van der Waals surface area contributed by atoms with E-state index in [9.17, 15) is 17.6 Å². The van der Waals surface area contributed by atoms with E-state index in [1.165, 1.54) is 45.5 Å². The molecular formula is C18H25FN2O3S. The number of benzene rings is 1. The van der Waals surface area contributed by atoms with Crippen molar-refractivity contribution in [2.24, 2.45) is 11.8 Å². The maximum atomic E-state index is 14.2. The van der Waals surface area contributed by atoms with Crippen LogP contribution in [0.3, 0.4) is 0 Å². The summed E-state index contributed by atoms with van der Waals surface area (Å²) in [5, 5.41) is 0. The molecule has 5 nitrogen and oxygen atoms in total. The number of rotatable bonds is 3. The molecular weight excluding hydrogens is 343 g/mol. The number of fused-ring (bicyclic) bond motifs is 1. The Labute approximate surface area is 148 Å². The monoisotopic (exact) mass is 368 g/mol. The molecule has 0 radical (unpaired) electrons. The zero-order valence-electron chi connectivity index (χ0n) is 14.7. The third kappa shape index (κ3) is 3.58. The number of carbonyl (C=O) groups is 1. The highest BCUT2D eigenvalue weighted by atomic mass is 32.2. The molecule has 0 unspecified atom stereocenters. The topological polar surface area (TPSA) is 57.7 Å². The van der Waals surface area contributed by atoms with Gasteiger partial charge >= 0.3 is 0 Å². The zero-order valence-corrected chi connectivity index (χ0v) is 15.6. The quantitative estimate of drug-likeness (QED) is 0.824. The highest BCUT2D eigenvalue weighted by Crippen LogP contribution is 2.36. The highest BCUT2D eigenvalue weighted by Gasteiger charge is 2.34. The van der Waals surface area contributed by atoms with Crippen molar-refractivity contribution >= 4 is 15.9 Å². The predicted octanol–water partition coefficient (Wildman–Crippen LogP) is 2.73. The van der Waals surface area contributed by atoms with Crippen LogP contribution in [0.2, 0.25) is 0 Å². The lowest BCUT2D eigenvalue weighted by Gasteiger charge is -2.41. The predicted molar refractivity (Wildman–Crippen MR) is 93.2 cm³/mol. The molecule has 2 atom stereocenters. The van der Waals surface area contributed by atoms with Crippen molar-refractivity contribution in [3.8, 4) is 0 Å². The van der Waals surface area contributed by atoms with Crippen molar-refractivity contribution in [1.29, 1.82) is 0 Å². The number of amides is 1. The first kappa shape index (κ1) is 18.3. The fourth-order valence-electron chi connectivity index (χ4n) is 4.00. The second-order valence-corrected chi connectivity index (χ2v) is 9.43. The second-order valence-electron chi connectivity index (χ2n) is 7.27. The van der Waals surface area contributed by atoms with Crippen molar-refractivity contribution in [2.45, 2.75) is 37.0 Å². The highest BCUT2D eigenvalue weighted by molar-refractivity contribution is 7.89. The molecule has 25 heavy (non-hydrogen) atoms. The number of halogens is 1. The van der Waals surface area contributed by atoms with Gasteiger partial charge in [0.1, 0.15) is 5.82 Å². The van der Waals surface area contributed by atoms with Crippen LogP contribution in [-0.4, -0.2) is 50.7 Å². The summed E-state index contributed by atoms with van der Waals surface area (Å²) in [5.74, 6) is 0.0807.